The molecule has 0 fully saturated rings. The van der Waals surface area contributed by atoms with Crippen LogP contribution >= 0.6 is 0 Å². The normalized spacial score (nSPS) is 10.8. The average Bonchev–Trinajstić information content (AvgIpc) is 3.02. The van der Waals surface area contributed by atoms with Gasteiger partial charge in [-0.3, -0.25) is 4.79 Å². The molecule has 0 unspecified atom stereocenters. The summed E-state index contributed by atoms with van der Waals surface area (Å²) in [5, 5.41) is 1.80. The Morgan fingerprint density at radius 1 is 0.652 bits per heavy atom. The van der Waals surface area contributed by atoms with Gasteiger partial charge in [-0.05, 0) is 0 Å². The van der Waals surface area contributed by atoms with Crippen LogP contribution in [0, 0.1) is 0 Å². The molecule has 2 heteroatoms. The van der Waals surface area contributed by atoms with Gasteiger partial charge in [-0.1, -0.05) is 84.9 Å². The zero-order chi connectivity index (χ0) is 15.6. The van der Waals surface area contributed by atoms with E-state index >= 15 is 0 Å². The smallest absolute Gasteiger partial charge is 0.228 e. The molecule has 3 aromatic carbocycles. The van der Waals surface area contributed by atoms with E-state index in [0.29, 0.717) is 11.3 Å². The largest absolute Gasteiger partial charge is 0.451 e. The summed E-state index contributed by atoms with van der Waals surface area (Å²) < 4.78 is 6.02. The fourth-order valence-electron chi connectivity index (χ4n) is 2.78. The number of ketones is 1. The third kappa shape index (κ3) is 2.34. The van der Waals surface area contributed by atoms with E-state index in [1.54, 1.807) is 0 Å². The van der Waals surface area contributed by atoms with E-state index in [1.165, 1.54) is 0 Å². The molecule has 0 bridgehead atoms. The first-order chi connectivity index (χ1) is 11.3. The van der Waals surface area contributed by atoms with Crippen LogP contribution in [-0.4, -0.2) is 5.78 Å². The molecule has 2 nitrogen and oxygen atoms in total. The number of hydrogen-bond acceptors (Lipinski definition) is 2. The molecular formula is C21H14O2. The number of carbonyl (C=O) groups is 1. The van der Waals surface area contributed by atoms with Crippen molar-refractivity contribution in [3.05, 3.63) is 96.3 Å². The first-order valence-corrected chi connectivity index (χ1v) is 7.51. The van der Waals surface area contributed by atoms with Crippen LogP contribution in [0.4, 0.5) is 0 Å². The summed E-state index contributed by atoms with van der Waals surface area (Å²) in [4.78, 5) is 12.8. The quantitative estimate of drug-likeness (QED) is 0.478. The zero-order valence-corrected chi connectivity index (χ0v) is 12.4. The first kappa shape index (κ1) is 13.5. The summed E-state index contributed by atoms with van der Waals surface area (Å²) in [5.41, 5.74) is 1.60. The van der Waals surface area contributed by atoms with Crippen molar-refractivity contribution in [2.45, 2.75) is 0 Å². The Morgan fingerprint density at radius 2 is 1.22 bits per heavy atom. The maximum absolute atomic E-state index is 12.8. The second-order valence-corrected chi connectivity index (χ2v) is 5.37. The van der Waals surface area contributed by atoms with Crippen LogP contribution in [-0.2, 0) is 0 Å². The molecule has 110 valence electrons. The predicted molar refractivity (Wildman–Crippen MR) is 91.5 cm³/mol. The van der Waals surface area contributed by atoms with Crippen molar-refractivity contribution in [2.24, 2.45) is 0 Å². The molecule has 1 aromatic heterocycles. The second kappa shape index (κ2) is 5.58. The highest BCUT2D eigenvalue weighted by Gasteiger charge is 2.20. The SMILES string of the molecule is O=C(c1ccccc1)c1oc(-c2ccccc2)c2ccccc12. The lowest BCUT2D eigenvalue weighted by molar-refractivity contribution is 0.101. The van der Waals surface area contributed by atoms with E-state index in [1.807, 2.05) is 84.9 Å². The van der Waals surface area contributed by atoms with Gasteiger partial charge < -0.3 is 4.42 Å². The van der Waals surface area contributed by atoms with E-state index < -0.39 is 0 Å². The summed E-state index contributed by atoms with van der Waals surface area (Å²) in [5.74, 6) is 1.04. The van der Waals surface area contributed by atoms with E-state index in [2.05, 4.69) is 0 Å². The third-order valence-electron chi connectivity index (χ3n) is 3.90. The molecule has 0 amide bonds. The fraction of sp³-hybridized carbons (Fsp3) is 0. The summed E-state index contributed by atoms with van der Waals surface area (Å²) in [7, 11) is 0. The Morgan fingerprint density at radius 3 is 1.91 bits per heavy atom. The molecule has 0 N–H and O–H groups in total. The van der Waals surface area contributed by atoms with Gasteiger partial charge >= 0.3 is 0 Å². The lowest BCUT2D eigenvalue weighted by Gasteiger charge is -1.98. The zero-order valence-electron chi connectivity index (χ0n) is 12.4. The van der Waals surface area contributed by atoms with Gasteiger partial charge in [-0.15, -0.1) is 0 Å². The van der Waals surface area contributed by atoms with E-state index in [-0.39, 0.29) is 5.78 Å². The van der Waals surface area contributed by atoms with Gasteiger partial charge in [0.15, 0.2) is 5.76 Å². The standard InChI is InChI=1S/C21H14O2/c22-19(15-9-3-1-4-10-15)21-18-14-8-7-13-17(18)20(23-21)16-11-5-2-6-12-16/h1-14H. The van der Waals surface area contributed by atoms with Gasteiger partial charge in [0.2, 0.25) is 5.78 Å². The van der Waals surface area contributed by atoms with Crippen molar-refractivity contribution in [3.63, 3.8) is 0 Å². The Labute approximate surface area is 134 Å². The van der Waals surface area contributed by atoms with Crippen LogP contribution in [0.25, 0.3) is 22.1 Å². The molecule has 0 saturated carbocycles. The predicted octanol–water partition coefficient (Wildman–Crippen LogP) is 5.33. The molecule has 0 aliphatic carbocycles. The van der Waals surface area contributed by atoms with E-state index in [0.717, 1.165) is 22.1 Å². The van der Waals surface area contributed by atoms with Gasteiger partial charge in [0, 0.05) is 21.9 Å². The van der Waals surface area contributed by atoms with Gasteiger partial charge in [0.1, 0.15) is 5.76 Å². The van der Waals surface area contributed by atoms with Crippen LogP contribution in [0.3, 0.4) is 0 Å². The topological polar surface area (TPSA) is 30.2 Å². The van der Waals surface area contributed by atoms with E-state index in [9.17, 15) is 4.79 Å². The number of furan rings is 1. The minimum Gasteiger partial charge on any atom is -0.451 e. The van der Waals surface area contributed by atoms with Crippen molar-refractivity contribution in [2.75, 3.05) is 0 Å². The molecule has 0 aliphatic heterocycles. The number of hydrogen-bond donors (Lipinski definition) is 0. The number of fused-ring (bicyclic) bond motifs is 1. The molecule has 0 saturated heterocycles. The summed E-state index contributed by atoms with van der Waals surface area (Å²) in [6.45, 7) is 0. The highest BCUT2D eigenvalue weighted by molar-refractivity contribution is 6.16. The Hall–Kier alpha value is -3.13. The minimum atomic E-state index is -0.0935. The number of rotatable bonds is 3. The second-order valence-electron chi connectivity index (χ2n) is 5.37. The van der Waals surface area contributed by atoms with Crippen LogP contribution in [0.5, 0.6) is 0 Å². The van der Waals surface area contributed by atoms with Crippen LogP contribution in [0.1, 0.15) is 16.1 Å². The summed E-state index contributed by atoms with van der Waals surface area (Å²) >= 11 is 0. The molecule has 23 heavy (non-hydrogen) atoms. The fourth-order valence-corrected chi connectivity index (χ4v) is 2.78. The molecule has 4 aromatic rings. The summed E-state index contributed by atoms with van der Waals surface area (Å²) in [6, 6.07) is 26.9. The molecule has 0 radical (unpaired) electrons. The molecular weight excluding hydrogens is 284 g/mol. The summed E-state index contributed by atoms with van der Waals surface area (Å²) in [6.07, 6.45) is 0. The Kier molecular flexibility index (Phi) is 3.28. The van der Waals surface area contributed by atoms with Crippen molar-refractivity contribution < 1.29 is 9.21 Å². The van der Waals surface area contributed by atoms with Crippen LogP contribution in [0.15, 0.2) is 89.3 Å². The van der Waals surface area contributed by atoms with Gasteiger partial charge in [0.05, 0.1) is 0 Å². The lowest BCUT2D eigenvalue weighted by atomic mass is 10.0. The molecule has 0 aliphatic rings. The van der Waals surface area contributed by atoms with Crippen LogP contribution < -0.4 is 0 Å². The van der Waals surface area contributed by atoms with Gasteiger partial charge in [-0.2, -0.15) is 0 Å². The molecule has 1 heterocycles. The third-order valence-corrected chi connectivity index (χ3v) is 3.90. The van der Waals surface area contributed by atoms with Crippen LogP contribution in [0.2, 0.25) is 0 Å². The van der Waals surface area contributed by atoms with Crippen molar-refractivity contribution in [3.8, 4) is 11.3 Å². The first-order valence-electron chi connectivity index (χ1n) is 7.51. The molecule has 0 spiro atoms. The lowest BCUT2D eigenvalue weighted by Crippen LogP contribution is -1.99. The Bertz CT molecular complexity index is 967. The van der Waals surface area contributed by atoms with Crippen molar-refractivity contribution in [1.82, 2.24) is 0 Å². The monoisotopic (exact) mass is 298 g/mol. The molecule has 4 rings (SSSR count). The maximum atomic E-state index is 12.8. The minimum absolute atomic E-state index is 0.0935. The number of carbonyl (C=O) groups excluding carboxylic acids is 1. The van der Waals surface area contributed by atoms with Crippen molar-refractivity contribution >= 4 is 16.6 Å². The van der Waals surface area contributed by atoms with Gasteiger partial charge in [-0.25, -0.2) is 0 Å². The average molecular weight is 298 g/mol. The highest BCUT2D eigenvalue weighted by Crippen LogP contribution is 2.34. The number of benzene rings is 3. The van der Waals surface area contributed by atoms with Crippen molar-refractivity contribution in [1.29, 1.82) is 0 Å². The van der Waals surface area contributed by atoms with E-state index in [4.69, 9.17) is 4.42 Å². The highest BCUT2D eigenvalue weighted by atomic mass is 16.3. The van der Waals surface area contributed by atoms with Gasteiger partial charge in [0.25, 0.3) is 0 Å². The Balaban J connectivity index is 1.94. The maximum Gasteiger partial charge on any atom is 0.228 e. The molecule has 0 atom stereocenters.